The highest BCUT2D eigenvalue weighted by atomic mass is 19.4. The van der Waals surface area contributed by atoms with Crippen LogP contribution in [0.3, 0.4) is 0 Å². The lowest BCUT2D eigenvalue weighted by atomic mass is 10.1. The van der Waals surface area contributed by atoms with Crippen LogP contribution in [0.25, 0.3) is 22.8 Å². The number of carbonyl (C=O) groups excluding carboxylic acids is 1. The molecule has 0 radical (unpaired) electrons. The number of amides is 1. The van der Waals surface area contributed by atoms with Crippen molar-refractivity contribution < 1.29 is 31.3 Å². The van der Waals surface area contributed by atoms with Crippen LogP contribution in [0, 0.1) is 5.82 Å². The average molecular weight is 432 g/mol. The quantitative estimate of drug-likeness (QED) is 0.468. The SMILES string of the molecule is O=C(NCc1coc(-c2ccc(F)cc2)n1)c1cccc(-c2noc(C(F)(F)F)n2)c1. The van der Waals surface area contributed by atoms with Crippen molar-refractivity contribution in [1.82, 2.24) is 20.4 Å². The molecular formula is C20H12F4N4O3. The Labute approximate surface area is 171 Å². The van der Waals surface area contributed by atoms with E-state index in [-0.39, 0.29) is 35.2 Å². The van der Waals surface area contributed by atoms with E-state index in [4.69, 9.17) is 4.42 Å². The van der Waals surface area contributed by atoms with Gasteiger partial charge in [-0.25, -0.2) is 9.37 Å². The molecule has 0 saturated heterocycles. The molecule has 158 valence electrons. The minimum Gasteiger partial charge on any atom is -0.444 e. The minimum atomic E-state index is -4.76. The van der Waals surface area contributed by atoms with Gasteiger partial charge in [-0.05, 0) is 36.4 Å². The van der Waals surface area contributed by atoms with Crippen molar-refractivity contribution >= 4 is 5.91 Å². The van der Waals surface area contributed by atoms with Gasteiger partial charge in [0.2, 0.25) is 11.7 Å². The van der Waals surface area contributed by atoms with E-state index in [1.165, 1.54) is 54.8 Å². The van der Waals surface area contributed by atoms with Gasteiger partial charge in [0, 0.05) is 16.7 Å². The Morgan fingerprint density at radius 3 is 2.52 bits per heavy atom. The summed E-state index contributed by atoms with van der Waals surface area (Å²) in [5.41, 5.74) is 1.37. The smallest absolute Gasteiger partial charge is 0.444 e. The van der Waals surface area contributed by atoms with Crippen LogP contribution in [0.1, 0.15) is 21.9 Å². The van der Waals surface area contributed by atoms with E-state index in [9.17, 15) is 22.4 Å². The molecule has 2 aromatic carbocycles. The van der Waals surface area contributed by atoms with Crippen molar-refractivity contribution in [2.75, 3.05) is 0 Å². The molecule has 0 aliphatic carbocycles. The number of alkyl halides is 3. The largest absolute Gasteiger partial charge is 0.471 e. The van der Waals surface area contributed by atoms with Crippen LogP contribution >= 0.6 is 0 Å². The molecular weight excluding hydrogens is 420 g/mol. The van der Waals surface area contributed by atoms with Crippen molar-refractivity contribution in [2.45, 2.75) is 12.7 Å². The maximum absolute atomic E-state index is 13.0. The highest BCUT2D eigenvalue weighted by Gasteiger charge is 2.38. The summed E-state index contributed by atoms with van der Waals surface area (Å²) in [7, 11) is 0. The molecule has 7 nitrogen and oxygen atoms in total. The van der Waals surface area contributed by atoms with Gasteiger partial charge in [0.15, 0.2) is 0 Å². The summed E-state index contributed by atoms with van der Waals surface area (Å²) in [5, 5.41) is 5.93. The van der Waals surface area contributed by atoms with Gasteiger partial charge in [-0.15, -0.1) is 0 Å². The molecule has 0 aliphatic rings. The number of aromatic nitrogens is 3. The number of oxazole rings is 1. The second-order valence-corrected chi connectivity index (χ2v) is 6.34. The first-order valence-electron chi connectivity index (χ1n) is 8.79. The zero-order valence-electron chi connectivity index (χ0n) is 15.5. The van der Waals surface area contributed by atoms with Crippen LogP contribution in [0.15, 0.2) is 63.7 Å². The van der Waals surface area contributed by atoms with Gasteiger partial charge in [-0.3, -0.25) is 4.79 Å². The zero-order chi connectivity index (χ0) is 22.0. The Hall–Kier alpha value is -4.02. The lowest BCUT2D eigenvalue weighted by molar-refractivity contribution is -0.159. The van der Waals surface area contributed by atoms with Crippen molar-refractivity contribution in [3.8, 4) is 22.8 Å². The lowest BCUT2D eigenvalue weighted by Crippen LogP contribution is -2.22. The van der Waals surface area contributed by atoms with E-state index in [1.807, 2.05) is 0 Å². The molecule has 0 fully saturated rings. The van der Waals surface area contributed by atoms with E-state index in [0.29, 0.717) is 11.3 Å². The molecule has 0 saturated carbocycles. The van der Waals surface area contributed by atoms with Gasteiger partial charge in [0.25, 0.3) is 5.91 Å². The third-order valence-electron chi connectivity index (χ3n) is 4.12. The van der Waals surface area contributed by atoms with Gasteiger partial charge in [-0.1, -0.05) is 17.3 Å². The van der Waals surface area contributed by atoms with Crippen molar-refractivity contribution in [3.05, 3.63) is 77.8 Å². The summed E-state index contributed by atoms with van der Waals surface area (Å²) in [6, 6.07) is 11.3. The molecule has 4 rings (SSSR count). The predicted octanol–water partition coefficient (Wildman–Crippen LogP) is 4.48. The van der Waals surface area contributed by atoms with Gasteiger partial charge in [-0.2, -0.15) is 18.2 Å². The number of hydrogen-bond acceptors (Lipinski definition) is 6. The van der Waals surface area contributed by atoms with E-state index in [1.54, 1.807) is 0 Å². The summed E-state index contributed by atoms with van der Waals surface area (Å²) in [5.74, 6) is -2.38. The highest BCUT2D eigenvalue weighted by Crippen LogP contribution is 2.29. The molecule has 0 atom stereocenters. The van der Waals surface area contributed by atoms with Crippen LogP contribution in [-0.4, -0.2) is 21.0 Å². The van der Waals surface area contributed by atoms with Crippen molar-refractivity contribution in [2.24, 2.45) is 0 Å². The molecule has 1 amide bonds. The van der Waals surface area contributed by atoms with Gasteiger partial charge < -0.3 is 14.3 Å². The number of halogens is 4. The standard InChI is InChI=1S/C20H12F4N4O3/c21-14-6-4-11(5-7-14)18-26-15(10-30-18)9-25-17(29)13-3-1-2-12(8-13)16-27-19(31-28-16)20(22,23)24/h1-8,10H,9H2,(H,25,29). The number of nitrogens with zero attached hydrogens (tertiary/aromatic N) is 3. The molecule has 0 spiro atoms. The van der Waals surface area contributed by atoms with E-state index in [0.717, 1.165) is 0 Å². The fourth-order valence-corrected chi connectivity index (χ4v) is 2.64. The molecule has 0 unspecified atom stereocenters. The summed E-state index contributed by atoms with van der Waals surface area (Å²) in [6.45, 7) is 0.0359. The third-order valence-corrected chi connectivity index (χ3v) is 4.12. The fraction of sp³-hybridized carbons (Fsp3) is 0.100. The number of hydrogen-bond donors (Lipinski definition) is 1. The van der Waals surface area contributed by atoms with E-state index < -0.39 is 18.0 Å². The summed E-state index contributed by atoms with van der Waals surface area (Å²) < 4.78 is 60.4. The molecule has 2 heterocycles. The van der Waals surface area contributed by atoms with Gasteiger partial charge >= 0.3 is 12.1 Å². The fourth-order valence-electron chi connectivity index (χ4n) is 2.64. The Morgan fingerprint density at radius 1 is 1.03 bits per heavy atom. The first kappa shape index (κ1) is 20.3. The molecule has 11 heteroatoms. The van der Waals surface area contributed by atoms with Crippen molar-refractivity contribution in [1.29, 1.82) is 0 Å². The lowest BCUT2D eigenvalue weighted by Gasteiger charge is -2.04. The summed E-state index contributed by atoms with van der Waals surface area (Å²) in [6.07, 6.45) is -3.40. The molecule has 1 N–H and O–H groups in total. The minimum absolute atomic E-state index is 0.0359. The Bertz CT molecular complexity index is 1220. The number of rotatable bonds is 5. The topological polar surface area (TPSA) is 94.1 Å². The van der Waals surface area contributed by atoms with E-state index in [2.05, 4.69) is 25.0 Å². The maximum atomic E-state index is 13.0. The highest BCUT2D eigenvalue weighted by molar-refractivity contribution is 5.95. The summed E-state index contributed by atoms with van der Waals surface area (Å²) in [4.78, 5) is 20.0. The number of carbonyl (C=O) groups is 1. The van der Waals surface area contributed by atoms with Crippen LogP contribution < -0.4 is 5.32 Å². The van der Waals surface area contributed by atoms with Crippen LogP contribution in [0.2, 0.25) is 0 Å². The number of nitrogens with one attached hydrogen (secondary N) is 1. The number of benzene rings is 2. The summed E-state index contributed by atoms with van der Waals surface area (Å²) >= 11 is 0. The predicted molar refractivity (Wildman–Crippen MR) is 97.8 cm³/mol. The van der Waals surface area contributed by atoms with E-state index >= 15 is 0 Å². The molecule has 2 aromatic heterocycles. The van der Waals surface area contributed by atoms with Crippen molar-refractivity contribution in [3.63, 3.8) is 0 Å². The molecule has 4 aromatic rings. The molecule has 31 heavy (non-hydrogen) atoms. The average Bonchev–Trinajstić information content (AvgIpc) is 3.42. The Balaban J connectivity index is 1.43. The normalized spacial score (nSPS) is 11.5. The zero-order valence-corrected chi connectivity index (χ0v) is 15.5. The first-order valence-corrected chi connectivity index (χ1v) is 8.79. The monoisotopic (exact) mass is 432 g/mol. The second kappa shape index (κ2) is 8.01. The molecule has 0 bridgehead atoms. The molecule has 0 aliphatic heterocycles. The van der Waals surface area contributed by atoms with Gasteiger partial charge in [0.05, 0.1) is 12.2 Å². The van der Waals surface area contributed by atoms with Crippen LogP contribution in [0.5, 0.6) is 0 Å². The van der Waals surface area contributed by atoms with Crippen LogP contribution in [-0.2, 0) is 12.7 Å². The second-order valence-electron chi connectivity index (χ2n) is 6.34. The maximum Gasteiger partial charge on any atom is 0.471 e. The third kappa shape index (κ3) is 4.60. The van der Waals surface area contributed by atoms with Gasteiger partial charge in [0.1, 0.15) is 12.1 Å². The Kier molecular flexibility index (Phi) is 5.24. The Morgan fingerprint density at radius 2 is 1.81 bits per heavy atom. The van der Waals surface area contributed by atoms with Crippen LogP contribution in [0.4, 0.5) is 17.6 Å². The first-order chi connectivity index (χ1) is 14.8.